The lowest BCUT2D eigenvalue weighted by atomic mass is 10.00. The highest BCUT2D eigenvalue weighted by atomic mass is 19.1. The molecule has 0 aromatic rings. The first-order valence-corrected chi connectivity index (χ1v) is 4.35. The second kappa shape index (κ2) is 4.55. The van der Waals surface area contributed by atoms with Crippen molar-refractivity contribution >= 4 is 6.04 Å². The van der Waals surface area contributed by atoms with Crippen LogP contribution < -0.4 is 0 Å². The van der Waals surface area contributed by atoms with E-state index in [2.05, 4.69) is 0 Å². The van der Waals surface area contributed by atoms with Crippen molar-refractivity contribution in [2.24, 2.45) is 0 Å². The van der Waals surface area contributed by atoms with E-state index in [-0.39, 0.29) is 17.8 Å². The molecular weight excluding hydrogens is 203 g/mol. The first kappa shape index (κ1) is 11.9. The topological polar surface area (TPSA) is 44.8 Å². The maximum absolute atomic E-state index is 12.6. The second-order valence-corrected chi connectivity index (χ2v) is 3.04. The van der Waals surface area contributed by atoms with E-state index in [0.717, 1.165) is 0 Å². The van der Waals surface area contributed by atoms with Gasteiger partial charge in [0.1, 0.15) is 5.76 Å². The fourth-order valence-corrected chi connectivity index (χ4v) is 1.40. The van der Waals surface area contributed by atoms with Crippen LogP contribution in [0.2, 0.25) is 0 Å². The normalized spacial score (nSPS) is 19.2. The molecule has 0 amide bonds. The van der Waals surface area contributed by atoms with Crippen molar-refractivity contribution in [2.45, 2.75) is 12.2 Å². The van der Waals surface area contributed by atoms with Gasteiger partial charge in [-0.3, -0.25) is 4.79 Å². The molecule has 0 unspecified atom stereocenters. The molecule has 0 atom stereocenters. The van der Waals surface area contributed by atoms with E-state index >= 15 is 0 Å². The summed E-state index contributed by atoms with van der Waals surface area (Å²) in [6.07, 6.45) is 2.96. The van der Waals surface area contributed by atoms with E-state index in [1.807, 2.05) is 0 Å². The lowest BCUT2D eigenvalue weighted by Crippen LogP contribution is -2.34. The van der Waals surface area contributed by atoms with Gasteiger partial charge >= 0.3 is 6.04 Å². The molecule has 0 heterocycles. The van der Waals surface area contributed by atoms with Crippen molar-refractivity contribution in [3.05, 3.63) is 23.5 Å². The Hall–Kier alpha value is -1.20. The fourth-order valence-electron chi connectivity index (χ4n) is 1.40. The van der Waals surface area contributed by atoms with Crippen molar-refractivity contribution in [1.29, 1.82) is 0 Å². The van der Waals surface area contributed by atoms with Crippen LogP contribution in [-0.2, 0) is 19.0 Å². The minimum absolute atomic E-state index is 0.0952. The van der Waals surface area contributed by atoms with Crippen molar-refractivity contribution in [1.82, 2.24) is 0 Å². The molecule has 0 N–H and O–H groups in total. The lowest BCUT2D eigenvalue weighted by molar-refractivity contribution is -0.174. The molecule has 1 aliphatic rings. The van der Waals surface area contributed by atoms with Gasteiger partial charge in [0.2, 0.25) is 0 Å². The Labute approximate surface area is 87.3 Å². The third kappa shape index (κ3) is 2.24. The number of ether oxygens (including phenoxy) is 3. The smallest absolute Gasteiger partial charge is 0.335 e. The Bertz CT molecular complexity index is 315. The van der Waals surface area contributed by atoms with Crippen LogP contribution >= 0.6 is 0 Å². The summed E-state index contributed by atoms with van der Waals surface area (Å²) in [5, 5.41) is 0. The maximum Gasteiger partial charge on any atom is 0.335 e. The monoisotopic (exact) mass is 216 g/mol. The molecule has 4 nitrogen and oxygen atoms in total. The maximum atomic E-state index is 12.6. The number of carbonyl (C=O) groups is 1. The molecule has 0 saturated heterocycles. The molecule has 1 aliphatic carbocycles. The molecule has 0 aliphatic heterocycles. The van der Waals surface area contributed by atoms with E-state index in [1.54, 1.807) is 0 Å². The fraction of sp³-hybridized carbons (Fsp3) is 0.500. The second-order valence-electron chi connectivity index (χ2n) is 3.04. The Morgan fingerprint density at radius 2 is 2.00 bits per heavy atom. The van der Waals surface area contributed by atoms with Gasteiger partial charge in [-0.25, -0.2) is 0 Å². The number of hydrogen-bond acceptors (Lipinski definition) is 4. The van der Waals surface area contributed by atoms with Crippen LogP contribution in [0.3, 0.4) is 0 Å². The van der Waals surface area contributed by atoms with Crippen LogP contribution in [-0.4, -0.2) is 33.2 Å². The van der Waals surface area contributed by atoms with Crippen molar-refractivity contribution in [3.63, 3.8) is 0 Å². The minimum Gasteiger partial charge on any atom is -0.500 e. The molecule has 0 bridgehead atoms. The number of hydrogen-bond donors (Lipinski definition) is 0. The first-order valence-electron chi connectivity index (χ1n) is 4.35. The predicted octanol–water partition coefficient (Wildman–Crippen LogP) is 1.33. The number of allylic oxidation sites excluding steroid dienone is 2. The Kier molecular flexibility index (Phi) is 3.60. The summed E-state index contributed by atoms with van der Waals surface area (Å²) >= 11 is 0. The average Bonchev–Trinajstić information content (AvgIpc) is 2.27. The number of methoxy groups -OCH3 is 3. The summed E-state index contributed by atoms with van der Waals surface area (Å²) in [6, 6.07) is -1.52. The number of carbonyl (C=O) groups excluding carboxylic acids is 1. The Morgan fingerprint density at radius 3 is 2.40 bits per heavy atom. The molecule has 0 aromatic carbocycles. The molecule has 5 heteroatoms. The van der Waals surface area contributed by atoms with Gasteiger partial charge in [-0.1, -0.05) is 0 Å². The van der Waals surface area contributed by atoms with Gasteiger partial charge in [0.25, 0.3) is 0 Å². The zero-order valence-electron chi connectivity index (χ0n) is 8.87. The molecule has 0 spiro atoms. The van der Waals surface area contributed by atoms with E-state index in [9.17, 15) is 9.18 Å². The summed E-state index contributed by atoms with van der Waals surface area (Å²) in [4.78, 5) is 10.6. The van der Waals surface area contributed by atoms with Gasteiger partial charge < -0.3 is 14.2 Å². The average molecular weight is 216 g/mol. The van der Waals surface area contributed by atoms with Gasteiger partial charge in [-0.2, -0.15) is 4.39 Å². The zero-order chi connectivity index (χ0) is 11.5. The highest BCUT2D eigenvalue weighted by Gasteiger charge is 2.34. The van der Waals surface area contributed by atoms with Crippen molar-refractivity contribution in [3.8, 4) is 0 Å². The van der Waals surface area contributed by atoms with Gasteiger partial charge in [0.05, 0.1) is 19.1 Å². The third-order valence-electron chi connectivity index (χ3n) is 2.36. The Balaban J connectivity index is 3.02. The molecular formula is C10H13FO4. The van der Waals surface area contributed by atoms with Crippen LogP contribution in [0.5, 0.6) is 0 Å². The molecule has 84 valence electrons. The van der Waals surface area contributed by atoms with E-state index in [1.165, 1.54) is 33.5 Å². The number of halogens is 1. The predicted molar refractivity (Wildman–Crippen MR) is 50.7 cm³/mol. The van der Waals surface area contributed by atoms with Crippen molar-refractivity contribution < 1.29 is 23.4 Å². The van der Waals surface area contributed by atoms with Crippen LogP contribution in [0.1, 0.15) is 6.42 Å². The quantitative estimate of drug-likeness (QED) is 0.525. The molecule has 0 fully saturated rings. The number of rotatable bonds is 4. The van der Waals surface area contributed by atoms with Gasteiger partial charge in [0, 0.05) is 14.2 Å². The van der Waals surface area contributed by atoms with Gasteiger partial charge in [-0.15, -0.1) is 0 Å². The van der Waals surface area contributed by atoms with Crippen LogP contribution in [0.15, 0.2) is 23.5 Å². The standard InChI is InChI=1S/C10H13FO4/c1-13-8-6-10(14-2,15-3)5-4-7(8)9(11)12/h4-5H,6H2,1-3H3. The van der Waals surface area contributed by atoms with E-state index in [4.69, 9.17) is 14.2 Å². The van der Waals surface area contributed by atoms with Crippen LogP contribution in [0.25, 0.3) is 0 Å². The lowest BCUT2D eigenvalue weighted by Gasteiger charge is -2.31. The SMILES string of the molecule is COC1=C(C(=O)F)C=CC(OC)(OC)C1. The van der Waals surface area contributed by atoms with Crippen LogP contribution in [0.4, 0.5) is 4.39 Å². The first-order chi connectivity index (χ1) is 7.08. The summed E-state index contributed by atoms with van der Waals surface area (Å²) in [7, 11) is 4.29. The molecule has 15 heavy (non-hydrogen) atoms. The molecule has 1 rings (SSSR count). The summed E-state index contributed by atoms with van der Waals surface area (Å²) in [6.45, 7) is 0. The van der Waals surface area contributed by atoms with Crippen molar-refractivity contribution in [2.75, 3.05) is 21.3 Å². The molecule has 0 saturated carbocycles. The summed E-state index contributed by atoms with van der Waals surface area (Å²) in [5.41, 5.74) is -0.0952. The summed E-state index contributed by atoms with van der Waals surface area (Å²) in [5.74, 6) is -0.765. The zero-order valence-corrected chi connectivity index (χ0v) is 8.87. The Morgan fingerprint density at radius 1 is 1.40 bits per heavy atom. The highest BCUT2D eigenvalue weighted by molar-refractivity contribution is 5.91. The van der Waals surface area contributed by atoms with Gasteiger partial charge in [0.15, 0.2) is 5.79 Å². The minimum atomic E-state index is -1.52. The van der Waals surface area contributed by atoms with E-state index < -0.39 is 11.8 Å². The van der Waals surface area contributed by atoms with Gasteiger partial charge in [-0.05, 0) is 12.2 Å². The molecule has 0 aromatic heterocycles. The van der Waals surface area contributed by atoms with Crippen LogP contribution in [0, 0.1) is 0 Å². The third-order valence-corrected chi connectivity index (χ3v) is 2.36. The highest BCUT2D eigenvalue weighted by Crippen LogP contribution is 2.31. The summed E-state index contributed by atoms with van der Waals surface area (Å²) < 4.78 is 27.8. The van der Waals surface area contributed by atoms with E-state index in [0.29, 0.717) is 0 Å². The molecule has 0 radical (unpaired) electrons. The largest absolute Gasteiger partial charge is 0.500 e.